The third kappa shape index (κ3) is 3.43. The first kappa shape index (κ1) is 15.7. The minimum atomic E-state index is -0.425. The lowest BCUT2D eigenvalue weighted by molar-refractivity contribution is -0.384. The Bertz CT molecular complexity index is 734. The molecule has 0 amide bonds. The van der Waals surface area contributed by atoms with Gasteiger partial charge in [0.05, 0.1) is 4.92 Å². The third-order valence-corrected chi connectivity index (χ3v) is 4.26. The molecule has 1 atom stereocenters. The number of hydrogen-bond acceptors (Lipinski definition) is 4. The van der Waals surface area contributed by atoms with Crippen LogP contribution in [0.3, 0.4) is 0 Å². The predicted octanol–water partition coefficient (Wildman–Crippen LogP) is 4.50. The summed E-state index contributed by atoms with van der Waals surface area (Å²) in [6.07, 6.45) is 0.660. The largest absolute Gasteiger partial charge is 0.462 e. The maximum atomic E-state index is 10.7. The molecule has 23 heavy (non-hydrogen) atoms. The van der Waals surface area contributed by atoms with Gasteiger partial charge in [0.1, 0.15) is 6.10 Å². The van der Waals surface area contributed by atoms with Crippen molar-refractivity contribution in [3.63, 3.8) is 0 Å². The summed E-state index contributed by atoms with van der Waals surface area (Å²) in [5, 5.41) is 11.8. The zero-order valence-corrected chi connectivity index (χ0v) is 13.6. The Balaban J connectivity index is 1.72. The number of hydrogen-bond donors (Lipinski definition) is 0. The third-order valence-electron chi connectivity index (χ3n) is 3.69. The summed E-state index contributed by atoms with van der Waals surface area (Å²) in [5.74, 6) is 0. The second kappa shape index (κ2) is 6.52. The molecule has 2 aromatic rings. The molecule has 2 aromatic carbocycles. The monoisotopic (exact) mass is 348 g/mol. The van der Waals surface area contributed by atoms with E-state index in [2.05, 4.69) is 0 Å². The van der Waals surface area contributed by atoms with Crippen molar-refractivity contribution in [2.24, 2.45) is 0 Å². The topological polar surface area (TPSA) is 55.6 Å². The number of nitro groups is 1. The Morgan fingerprint density at radius 2 is 1.83 bits per heavy atom. The Hall–Kier alpha value is -2.18. The SMILES string of the molecule is O=[N+]([O-])c1ccc(N2CCC(c3ccc(Cl)cc3)OC2=S)cc1. The molecule has 1 saturated heterocycles. The van der Waals surface area contributed by atoms with E-state index in [0.717, 1.165) is 17.7 Å². The van der Waals surface area contributed by atoms with Gasteiger partial charge in [-0.05, 0) is 42.0 Å². The normalized spacial score (nSPS) is 17.7. The van der Waals surface area contributed by atoms with E-state index in [1.54, 1.807) is 12.1 Å². The van der Waals surface area contributed by atoms with Crippen LogP contribution < -0.4 is 4.90 Å². The number of nitro benzene ring substituents is 1. The van der Waals surface area contributed by atoms with Crippen LogP contribution in [0.25, 0.3) is 0 Å². The van der Waals surface area contributed by atoms with Crippen LogP contribution in [0.5, 0.6) is 0 Å². The molecule has 0 saturated carbocycles. The average molecular weight is 349 g/mol. The molecule has 0 aromatic heterocycles. The highest BCUT2D eigenvalue weighted by Gasteiger charge is 2.26. The summed E-state index contributed by atoms with van der Waals surface area (Å²) < 4.78 is 5.84. The molecule has 7 heteroatoms. The van der Waals surface area contributed by atoms with Gasteiger partial charge in [-0.2, -0.15) is 0 Å². The van der Waals surface area contributed by atoms with E-state index in [4.69, 9.17) is 28.6 Å². The smallest absolute Gasteiger partial charge is 0.269 e. The zero-order valence-electron chi connectivity index (χ0n) is 12.0. The lowest BCUT2D eigenvalue weighted by atomic mass is 10.1. The van der Waals surface area contributed by atoms with Crippen LogP contribution in [0.1, 0.15) is 18.1 Å². The molecule has 0 radical (unpaired) electrons. The number of thiocarbonyl (C=S) groups is 1. The minimum absolute atomic E-state index is 0.0524. The van der Waals surface area contributed by atoms with Crippen LogP contribution in [0, 0.1) is 10.1 Å². The number of anilines is 1. The maximum absolute atomic E-state index is 10.7. The van der Waals surface area contributed by atoms with Gasteiger partial charge in [0.25, 0.3) is 10.9 Å². The summed E-state index contributed by atoms with van der Waals surface area (Å²) in [7, 11) is 0. The van der Waals surface area contributed by atoms with Gasteiger partial charge in [0.15, 0.2) is 0 Å². The van der Waals surface area contributed by atoms with Gasteiger partial charge in [-0.25, -0.2) is 0 Å². The summed E-state index contributed by atoms with van der Waals surface area (Å²) in [6, 6.07) is 13.8. The molecule has 1 fully saturated rings. The van der Waals surface area contributed by atoms with Crippen molar-refractivity contribution in [2.75, 3.05) is 11.4 Å². The molecule has 1 aliphatic rings. The number of rotatable bonds is 3. The van der Waals surface area contributed by atoms with Crippen molar-refractivity contribution in [1.82, 2.24) is 0 Å². The number of benzene rings is 2. The van der Waals surface area contributed by atoms with Crippen LogP contribution >= 0.6 is 23.8 Å². The van der Waals surface area contributed by atoms with Crippen LogP contribution in [-0.4, -0.2) is 16.6 Å². The van der Waals surface area contributed by atoms with Crippen molar-refractivity contribution in [1.29, 1.82) is 0 Å². The van der Waals surface area contributed by atoms with E-state index in [-0.39, 0.29) is 11.8 Å². The second-order valence-electron chi connectivity index (χ2n) is 5.14. The standard InChI is InChI=1S/C16H13ClN2O3S/c17-12-3-1-11(2-4-12)15-9-10-18(16(23)22-15)13-5-7-14(8-6-13)19(20)21/h1-8,15H,9-10H2. The van der Waals surface area contributed by atoms with Crippen molar-refractivity contribution in [3.8, 4) is 0 Å². The summed E-state index contributed by atoms with van der Waals surface area (Å²) in [6.45, 7) is 0.684. The Labute approximate surface area is 143 Å². The van der Waals surface area contributed by atoms with Gasteiger partial charge in [-0.15, -0.1) is 0 Å². The Kier molecular flexibility index (Phi) is 4.45. The summed E-state index contributed by atoms with van der Waals surface area (Å²) in [5.41, 5.74) is 1.87. The van der Waals surface area contributed by atoms with E-state index < -0.39 is 4.92 Å². The molecular formula is C16H13ClN2O3S. The van der Waals surface area contributed by atoms with Crippen molar-refractivity contribution < 1.29 is 9.66 Å². The molecule has 0 N–H and O–H groups in total. The maximum Gasteiger partial charge on any atom is 0.269 e. The molecule has 0 bridgehead atoms. The highest BCUT2D eigenvalue weighted by Crippen LogP contribution is 2.31. The van der Waals surface area contributed by atoms with E-state index in [1.807, 2.05) is 29.2 Å². The highest BCUT2D eigenvalue weighted by atomic mass is 35.5. The minimum Gasteiger partial charge on any atom is -0.462 e. The van der Waals surface area contributed by atoms with E-state index in [0.29, 0.717) is 16.7 Å². The predicted molar refractivity (Wildman–Crippen MR) is 92.9 cm³/mol. The summed E-state index contributed by atoms with van der Waals surface area (Å²) >= 11 is 11.2. The van der Waals surface area contributed by atoms with Gasteiger partial charge in [-0.3, -0.25) is 10.1 Å². The zero-order chi connectivity index (χ0) is 16.4. The number of nitrogens with zero attached hydrogens (tertiary/aromatic N) is 2. The Morgan fingerprint density at radius 1 is 1.17 bits per heavy atom. The highest BCUT2D eigenvalue weighted by molar-refractivity contribution is 7.80. The lowest BCUT2D eigenvalue weighted by Crippen LogP contribution is -2.38. The summed E-state index contributed by atoms with van der Waals surface area (Å²) in [4.78, 5) is 12.1. The molecule has 1 heterocycles. The van der Waals surface area contributed by atoms with Gasteiger partial charge in [0.2, 0.25) is 0 Å². The molecule has 0 aliphatic carbocycles. The van der Waals surface area contributed by atoms with E-state index in [9.17, 15) is 10.1 Å². The van der Waals surface area contributed by atoms with Crippen LogP contribution in [-0.2, 0) is 4.74 Å². The van der Waals surface area contributed by atoms with Gasteiger partial charge >= 0.3 is 0 Å². The molecule has 0 spiro atoms. The molecule has 118 valence electrons. The van der Waals surface area contributed by atoms with Gasteiger partial charge in [-0.1, -0.05) is 23.7 Å². The van der Waals surface area contributed by atoms with E-state index in [1.165, 1.54) is 12.1 Å². The first-order valence-corrected chi connectivity index (χ1v) is 7.81. The average Bonchev–Trinajstić information content (AvgIpc) is 2.55. The van der Waals surface area contributed by atoms with Crippen molar-refractivity contribution in [3.05, 3.63) is 69.2 Å². The van der Waals surface area contributed by atoms with Gasteiger partial charge in [0, 0.05) is 35.8 Å². The van der Waals surface area contributed by atoms with Crippen LogP contribution in [0.2, 0.25) is 5.02 Å². The fraction of sp³-hybridized carbons (Fsp3) is 0.188. The first-order valence-electron chi connectivity index (χ1n) is 7.02. The molecular weight excluding hydrogens is 336 g/mol. The van der Waals surface area contributed by atoms with Crippen molar-refractivity contribution >= 4 is 40.4 Å². The fourth-order valence-corrected chi connectivity index (χ4v) is 2.92. The fourth-order valence-electron chi connectivity index (χ4n) is 2.48. The number of halogens is 1. The second-order valence-corrected chi connectivity index (χ2v) is 5.92. The molecule has 3 rings (SSSR count). The number of ether oxygens (including phenoxy) is 1. The van der Waals surface area contributed by atoms with E-state index >= 15 is 0 Å². The molecule has 1 unspecified atom stereocenters. The number of non-ortho nitro benzene ring substituents is 1. The van der Waals surface area contributed by atoms with Crippen LogP contribution in [0.4, 0.5) is 11.4 Å². The van der Waals surface area contributed by atoms with Gasteiger partial charge < -0.3 is 9.64 Å². The Morgan fingerprint density at radius 3 is 2.39 bits per heavy atom. The van der Waals surface area contributed by atoms with Crippen LogP contribution in [0.15, 0.2) is 48.5 Å². The lowest BCUT2D eigenvalue weighted by Gasteiger charge is -2.34. The molecule has 1 aliphatic heterocycles. The quantitative estimate of drug-likeness (QED) is 0.464. The first-order chi connectivity index (χ1) is 11.0. The van der Waals surface area contributed by atoms with Crippen molar-refractivity contribution in [2.45, 2.75) is 12.5 Å². The molecule has 5 nitrogen and oxygen atoms in total.